The molecule has 1 atom stereocenters. The molecule has 1 unspecified atom stereocenters. The van der Waals surface area contributed by atoms with Crippen molar-refractivity contribution in [1.82, 2.24) is 9.88 Å². The summed E-state index contributed by atoms with van der Waals surface area (Å²) in [7, 11) is 0. The van der Waals surface area contributed by atoms with Gasteiger partial charge >= 0.3 is 0 Å². The molecule has 86 valence electrons. The van der Waals surface area contributed by atoms with Crippen molar-refractivity contribution in [2.75, 3.05) is 19.7 Å². The van der Waals surface area contributed by atoms with E-state index in [1.54, 1.807) is 12.4 Å². The third kappa shape index (κ3) is 2.98. The Labute approximate surface area is 100 Å². The van der Waals surface area contributed by atoms with E-state index < -0.39 is 0 Å². The van der Waals surface area contributed by atoms with Gasteiger partial charge in [-0.15, -0.1) is 0 Å². The molecular weight excluding hydrogens is 222 g/mol. The molecule has 0 spiro atoms. The van der Waals surface area contributed by atoms with Crippen LogP contribution in [0.25, 0.3) is 0 Å². The van der Waals surface area contributed by atoms with Crippen molar-refractivity contribution >= 4 is 17.2 Å². The van der Waals surface area contributed by atoms with Gasteiger partial charge < -0.3 is 10.5 Å². The molecule has 1 aromatic heterocycles. The fraction of sp³-hybridized carbons (Fsp3) is 0.455. The predicted molar refractivity (Wildman–Crippen MR) is 66.0 cm³/mol. The van der Waals surface area contributed by atoms with E-state index >= 15 is 0 Å². The lowest BCUT2D eigenvalue weighted by Gasteiger charge is -2.32. The van der Waals surface area contributed by atoms with E-state index in [1.165, 1.54) is 5.56 Å². The second-order valence-electron chi connectivity index (χ2n) is 3.85. The van der Waals surface area contributed by atoms with Crippen molar-refractivity contribution in [2.45, 2.75) is 12.6 Å². The Balaban J connectivity index is 1.93. The number of ether oxygens (including phenoxy) is 1. The zero-order chi connectivity index (χ0) is 11.4. The lowest BCUT2D eigenvalue weighted by Crippen LogP contribution is -2.47. The lowest BCUT2D eigenvalue weighted by molar-refractivity contribution is 0.00390. The van der Waals surface area contributed by atoms with Gasteiger partial charge in [-0.1, -0.05) is 12.2 Å². The van der Waals surface area contributed by atoms with Gasteiger partial charge in [-0.3, -0.25) is 9.88 Å². The third-order valence-electron chi connectivity index (χ3n) is 2.62. The van der Waals surface area contributed by atoms with Crippen LogP contribution in [0, 0.1) is 0 Å². The van der Waals surface area contributed by atoms with Crippen molar-refractivity contribution in [1.29, 1.82) is 0 Å². The zero-order valence-corrected chi connectivity index (χ0v) is 9.82. The zero-order valence-electron chi connectivity index (χ0n) is 9.00. The van der Waals surface area contributed by atoms with Crippen molar-refractivity contribution in [3.63, 3.8) is 0 Å². The molecule has 1 saturated heterocycles. The second-order valence-corrected chi connectivity index (χ2v) is 4.32. The molecule has 1 aliphatic heterocycles. The van der Waals surface area contributed by atoms with Crippen LogP contribution in [0.4, 0.5) is 0 Å². The molecule has 16 heavy (non-hydrogen) atoms. The summed E-state index contributed by atoms with van der Waals surface area (Å²) in [6, 6.07) is 4.04. The van der Waals surface area contributed by atoms with E-state index in [9.17, 15) is 0 Å². The van der Waals surface area contributed by atoms with Gasteiger partial charge in [-0.25, -0.2) is 0 Å². The summed E-state index contributed by atoms with van der Waals surface area (Å²) in [5.41, 5.74) is 6.84. The summed E-state index contributed by atoms with van der Waals surface area (Å²) in [6.45, 7) is 3.27. The Kier molecular flexibility index (Phi) is 3.82. The number of hydrogen-bond acceptors (Lipinski definition) is 4. The molecule has 2 heterocycles. The van der Waals surface area contributed by atoms with Crippen molar-refractivity contribution in [3.05, 3.63) is 30.1 Å². The molecule has 5 heteroatoms. The Hall–Kier alpha value is -1.04. The summed E-state index contributed by atoms with van der Waals surface area (Å²) in [5, 5.41) is 0. The minimum atomic E-state index is -0.106. The number of aromatic nitrogens is 1. The molecule has 1 aromatic rings. The van der Waals surface area contributed by atoms with Gasteiger partial charge in [0.05, 0.1) is 6.61 Å². The van der Waals surface area contributed by atoms with Crippen LogP contribution in [-0.2, 0) is 11.3 Å². The highest BCUT2D eigenvalue weighted by molar-refractivity contribution is 7.80. The molecular formula is C11H15N3OS. The maximum atomic E-state index is 5.59. The first-order chi connectivity index (χ1) is 7.75. The maximum Gasteiger partial charge on any atom is 0.120 e. The third-order valence-corrected chi connectivity index (χ3v) is 2.89. The SMILES string of the molecule is NC(=S)C1CN(Cc2ccncc2)CCO1. The number of nitrogens with zero attached hydrogens (tertiary/aromatic N) is 2. The van der Waals surface area contributed by atoms with Crippen LogP contribution in [0.1, 0.15) is 5.56 Å². The first-order valence-corrected chi connectivity index (χ1v) is 5.68. The summed E-state index contributed by atoms with van der Waals surface area (Å²) < 4.78 is 5.49. The van der Waals surface area contributed by atoms with E-state index in [2.05, 4.69) is 9.88 Å². The van der Waals surface area contributed by atoms with Crippen molar-refractivity contribution in [2.24, 2.45) is 5.73 Å². The number of pyridine rings is 1. The highest BCUT2D eigenvalue weighted by atomic mass is 32.1. The number of hydrogen-bond donors (Lipinski definition) is 1. The minimum Gasteiger partial charge on any atom is -0.391 e. The summed E-state index contributed by atoms with van der Waals surface area (Å²) in [6.07, 6.45) is 3.51. The number of thiocarbonyl (C=S) groups is 1. The van der Waals surface area contributed by atoms with Crippen molar-refractivity contribution < 1.29 is 4.74 Å². The maximum absolute atomic E-state index is 5.59. The highest BCUT2D eigenvalue weighted by Crippen LogP contribution is 2.09. The van der Waals surface area contributed by atoms with E-state index in [0.29, 0.717) is 11.6 Å². The molecule has 0 saturated carbocycles. The van der Waals surface area contributed by atoms with Gasteiger partial charge in [-0.2, -0.15) is 0 Å². The highest BCUT2D eigenvalue weighted by Gasteiger charge is 2.22. The Bertz CT molecular complexity index is 358. The minimum absolute atomic E-state index is 0.106. The van der Waals surface area contributed by atoms with Crippen LogP contribution in [-0.4, -0.2) is 40.7 Å². The molecule has 1 fully saturated rings. The van der Waals surface area contributed by atoms with Crippen LogP contribution in [0.3, 0.4) is 0 Å². The van der Waals surface area contributed by atoms with Gasteiger partial charge in [-0.05, 0) is 17.7 Å². The molecule has 4 nitrogen and oxygen atoms in total. The van der Waals surface area contributed by atoms with E-state index in [0.717, 1.165) is 19.6 Å². The topological polar surface area (TPSA) is 51.4 Å². The molecule has 0 radical (unpaired) electrons. The van der Waals surface area contributed by atoms with Crippen LogP contribution in [0.2, 0.25) is 0 Å². The monoisotopic (exact) mass is 237 g/mol. The van der Waals surface area contributed by atoms with Crippen molar-refractivity contribution in [3.8, 4) is 0 Å². The fourth-order valence-corrected chi connectivity index (χ4v) is 1.91. The number of rotatable bonds is 3. The van der Waals surface area contributed by atoms with Gasteiger partial charge in [0, 0.05) is 32.0 Å². The van der Waals surface area contributed by atoms with E-state index in [4.69, 9.17) is 22.7 Å². The molecule has 0 aliphatic carbocycles. The lowest BCUT2D eigenvalue weighted by atomic mass is 10.2. The molecule has 2 N–H and O–H groups in total. The fourth-order valence-electron chi connectivity index (χ4n) is 1.76. The van der Waals surface area contributed by atoms with Crippen LogP contribution < -0.4 is 5.73 Å². The van der Waals surface area contributed by atoms with E-state index in [-0.39, 0.29) is 6.10 Å². The number of morpholine rings is 1. The summed E-state index contributed by atoms with van der Waals surface area (Å²) in [5.74, 6) is 0. The molecule has 2 rings (SSSR count). The van der Waals surface area contributed by atoms with E-state index in [1.807, 2.05) is 12.1 Å². The summed E-state index contributed by atoms with van der Waals surface area (Å²) >= 11 is 4.95. The quantitative estimate of drug-likeness (QED) is 0.779. The van der Waals surface area contributed by atoms with Crippen LogP contribution >= 0.6 is 12.2 Å². The van der Waals surface area contributed by atoms with Gasteiger partial charge in [0.1, 0.15) is 11.1 Å². The Morgan fingerprint density at radius 1 is 1.56 bits per heavy atom. The normalized spacial score (nSPS) is 21.9. The molecule has 0 bridgehead atoms. The average Bonchev–Trinajstić information content (AvgIpc) is 2.30. The van der Waals surface area contributed by atoms with Gasteiger partial charge in [0.25, 0.3) is 0 Å². The smallest absolute Gasteiger partial charge is 0.120 e. The summed E-state index contributed by atoms with van der Waals surface area (Å²) in [4.78, 5) is 6.74. The number of nitrogens with two attached hydrogens (primary N) is 1. The van der Waals surface area contributed by atoms with Crippen LogP contribution in [0.15, 0.2) is 24.5 Å². The van der Waals surface area contributed by atoms with Crippen LogP contribution in [0.5, 0.6) is 0 Å². The molecule has 0 amide bonds. The average molecular weight is 237 g/mol. The van der Waals surface area contributed by atoms with Gasteiger partial charge in [0.2, 0.25) is 0 Å². The standard InChI is InChI=1S/C11H15N3OS/c12-11(16)10-8-14(5-6-15-10)7-9-1-3-13-4-2-9/h1-4,10H,5-8H2,(H2,12,16). The first kappa shape index (κ1) is 11.4. The Morgan fingerprint density at radius 2 is 2.31 bits per heavy atom. The predicted octanol–water partition coefficient (Wildman–Crippen LogP) is 0.569. The molecule has 0 aromatic carbocycles. The Morgan fingerprint density at radius 3 is 3.00 bits per heavy atom. The molecule has 1 aliphatic rings. The van der Waals surface area contributed by atoms with Gasteiger partial charge in [0.15, 0.2) is 0 Å². The largest absolute Gasteiger partial charge is 0.391 e. The first-order valence-electron chi connectivity index (χ1n) is 5.28. The second kappa shape index (κ2) is 5.34.